The highest BCUT2D eigenvalue weighted by atomic mass is 32.1. The van der Waals surface area contributed by atoms with E-state index in [4.69, 9.17) is 9.47 Å². The topological polar surface area (TPSA) is 55.8 Å². The summed E-state index contributed by atoms with van der Waals surface area (Å²) in [6.45, 7) is 1.03. The van der Waals surface area contributed by atoms with Gasteiger partial charge in [-0.1, -0.05) is 6.07 Å². The maximum Gasteiger partial charge on any atom is 0.328 e. The van der Waals surface area contributed by atoms with E-state index in [1.54, 1.807) is 4.90 Å². The van der Waals surface area contributed by atoms with Crippen molar-refractivity contribution in [3.63, 3.8) is 0 Å². The summed E-state index contributed by atoms with van der Waals surface area (Å²) in [6, 6.07) is 7.71. The van der Waals surface area contributed by atoms with Crippen LogP contribution in [0.1, 0.15) is 45.6 Å². The number of hydrogen-bond acceptors (Lipinski definition) is 5. The number of rotatable bonds is 5. The standard InChI is InChI=1S/C21H23NO4S/c1-25-21(24)18-6-3-9-22(18)20(23)19-10-14(13-27-19)12-26-17-8-7-15-4-2-5-16(15)11-17/h7-8,10-11,13,18H,2-6,9,12H2,1H3. The minimum Gasteiger partial charge on any atom is -0.489 e. The lowest BCUT2D eigenvalue weighted by Gasteiger charge is -2.21. The number of methoxy groups -OCH3 is 1. The van der Waals surface area contributed by atoms with Gasteiger partial charge < -0.3 is 14.4 Å². The van der Waals surface area contributed by atoms with Crippen LogP contribution in [-0.2, 0) is 29.0 Å². The molecule has 142 valence electrons. The highest BCUT2D eigenvalue weighted by Gasteiger charge is 2.35. The Hall–Kier alpha value is -2.34. The average molecular weight is 385 g/mol. The predicted molar refractivity (Wildman–Crippen MR) is 103 cm³/mol. The number of aryl methyl sites for hydroxylation is 2. The van der Waals surface area contributed by atoms with Gasteiger partial charge in [-0.15, -0.1) is 11.3 Å². The normalized spacial score (nSPS) is 18.4. The first-order valence-corrected chi connectivity index (χ1v) is 10.2. The fourth-order valence-electron chi connectivity index (χ4n) is 3.90. The quantitative estimate of drug-likeness (QED) is 0.738. The molecule has 1 aromatic carbocycles. The van der Waals surface area contributed by atoms with Crippen molar-refractivity contribution in [3.05, 3.63) is 51.2 Å². The molecule has 2 aromatic rings. The second kappa shape index (κ2) is 7.72. The zero-order valence-corrected chi connectivity index (χ0v) is 16.2. The molecule has 1 aliphatic carbocycles. The smallest absolute Gasteiger partial charge is 0.328 e. The Morgan fingerprint density at radius 2 is 2.04 bits per heavy atom. The van der Waals surface area contributed by atoms with Gasteiger partial charge in [0.1, 0.15) is 18.4 Å². The molecule has 2 aliphatic rings. The van der Waals surface area contributed by atoms with Crippen LogP contribution in [0.5, 0.6) is 5.75 Å². The number of carbonyl (C=O) groups is 2. The molecule has 0 bridgehead atoms. The van der Waals surface area contributed by atoms with Gasteiger partial charge in [0, 0.05) is 12.1 Å². The third-order valence-electron chi connectivity index (χ3n) is 5.33. The highest BCUT2D eigenvalue weighted by Crippen LogP contribution is 2.28. The lowest BCUT2D eigenvalue weighted by atomic mass is 10.1. The van der Waals surface area contributed by atoms with Gasteiger partial charge in [-0.3, -0.25) is 4.79 Å². The Labute approximate surface area is 162 Å². The molecule has 0 saturated carbocycles. The lowest BCUT2D eigenvalue weighted by Crippen LogP contribution is -2.40. The van der Waals surface area contributed by atoms with Crippen LogP contribution < -0.4 is 4.74 Å². The SMILES string of the molecule is COC(=O)C1CCCN1C(=O)c1cc(COc2ccc3c(c2)CCC3)cs1. The summed E-state index contributed by atoms with van der Waals surface area (Å²) in [4.78, 5) is 26.9. The van der Waals surface area contributed by atoms with Crippen molar-refractivity contribution in [2.24, 2.45) is 0 Å². The van der Waals surface area contributed by atoms with Gasteiger partial charge in [0.2, 0.25) is 0 Å². The van der Waals surface area contributed by atoms with E-state index in [-0.39, 0.29) is 11.9 Å². The maximum absolute atomic E-state index is 12.8. The molecule has 1 amide bonds. The Morgan fingerprint density at radius 1 is 1.19 bits per heavy atom. The monoisotopic (exact) mass is 385 g/mol. The largest absolute Gasteiger partial charge is 0.489 e. The van der Waals surface area contributed by atoms with Crippen molar-refractivity contribution in [1.29, 1.82) is 0 Å². The first-order chi connectivity index (χ1) is 13.2. The van der Waals surface area contributed by atoms with E-state index in [1.165, 1.54) is 36.0 Å². The van der Waals surface area contributed by atoms with E-state index in [9.17, 15) is 9.59 Å². The molecule has 6 heteroatoms. The molecule has 1 unspecified atom stereocenters. The summed E-state index contributed by atoms with van der Waals surface area (Å²) in [7, 11) is 1.36. The number of carbonyl (C=O) groups excluding carboxylic acids is 2. The van der Waals surface area contributed by atoms with E-state index < -0.39 is 6.04 Å². The number of likely N-dealkylation sites (tertiary alicyclic amines) is 1. The second-order valence-electron chi connectivity index (χ2n) is 7.07. The first kappa shape index (κ1) is 18.0. The molecular formula is C21H23NO4S. The van der Waals surface area contributed by atoms with Crippen LogP contribution in [0, 0.1) is 0 Å². The Morgan fingerprint density at radius 3 is 2.89 bits per heavy atom. The molecule has 0 radical (unpaired) electrons. The Balaban J connectivity index is 1.39. The van der Waals surface area contributed by atoms with Crippen LogP contribution in [0.4, 0.5) is 0 Å². The maximum atomic E-state index is 12.8. The van der Waals surface area contributed by atoms with Crippen LogP contribution in [-0.4, -0.2) is 36.5 Å². The number of amides is 1. The summed E-state index contributed by atoms with van der Waals surface area (Å²) in [6.07, 6.45) is 5.00. The fourth-order valence-corrected chi connectivity index (χ4v) is 4.75. The molecule has 27 heavy (non-hydrogen) atoms. The van der Waals surface area contributed by atoms with Crippen molar-refractivity contribution < 1.29 is 19.1 Å². The van der Waals surface area contributed by atoms with Crippen molar-refractivity contribution >= 4 is 23.2 Å². The zero-order chi connectivity index (χ0) is 18.8. The molecule has 5 nitrogen and oxygen atoms in total. The highest BCUT2D eigenvalue weighted by molar-refractivity contribution is 7.12. The van der Waals surface area contributed by atoms with Crippen molar-refractivity contribution in [1.82, 2.24) is 4.90 Å². The van der Waals surface area contributed by atoms with Gasteiger partial charge >= 0.3 is 5.97 Å². The number of benzene rings is 1. The van der Waals surface area contributed by atoms with Crippen LogP contribution in [0.25, 0.3) is 0 Å². The number of fused-ring (bicyclic) bond motifs is 1. The summed E-state index contributed by atoms with van der Waals surface area (Å²) in [5.74, 6) is 0.439. The molecule has 1 atom stereocenters. The van der Waals surface area contributed by atoms with Crippen LogP contribution in [0.3, 0.4) is 0 Å². The third kappa shape index (κ3) is 3.72. The average Bonchev–Trinajstić information content (AvgIpc) is 3.44. The molecule has 1 fully saturated rings. The van der Waals surface area contributed by atoms with E-state index >= 15 is 0 Å². The van der Waals surface area contributed by atoms with Crippen molar-refractivity contribution in [3.8, 4) is 5.75 Å². The summed E-state index contributed by atoms with van der Waals surface area (Å²) in [5.41, 5.74) is 3.78. The van der Waals surface area contributed by atoms with Gasteiger partial charge in [-0.05, 0) is 66.8 Å². The van der Waals surface area contributed by atoms with Crippen molar-refractivity contribution in [2.75, 3.05) is 13.7 Å². The summed E-state index contributed by atoms with van der Waals surface area (Å²) < 4.78 is 10.7. The molecule has 0 spiro atoms. The van der Waals surface area contributed by atoms with Crippen LogP contribution >= 0.6 is 11.3 Å². The van der Waals surface area contributed by atoms with E-state index in [1.807, 2.05) is 17.5 Å². The Kier molecular flexibility index (Phi) is 5.16. The second-order valence-corrected chi connectivity index (χ2v) is 7.98. The third-order valence-corrected chi connectivity index (χ3v) is 6.29. The fraction of sp³-hybridized carbons (Fsp3) is 0.429. The number of nitrogens with zero attached hydrogens (tertiary/aromatic N) is 1. The molecule has 1 saturated heterocycles. The molecular weight excluding hydrogens is 362 g/mol. The molecule has 4 rings (SSSR count). The number of hydrogen-bond donors (Lipinski definition) is 0. The van der Waals surface area contributed by atoms with Gasteiger partial charge in [-0.25, -0.2) is 4.79 Å². The first-order valence-electron chi connectivity index (χ1n) is 9.36. The van der Waals surface area contributed by atoms with Gasteiger partial charge in [-0.2, -0.15) is 0 Å². The summed E-state index contributed by atoms with van der Waals surface area (Å²) >= 11 is 1.40. The predicted octanol–water partition coefficient (Wildman–Crippen LogP) is 3.59. The van der Waals surface area contributed by atoms with E-state index in [0.29, 0.717) is 24.4 Å². The van der Waals surface area contributed by atoms with Gasteiger partial charge in [0.05, 0.1) is 12.0 Å². The Bertz CT molecular complexity index is 860. The number of ether oxygens (including phenoxy) is 2. The van der Waals surface area contributed by atoms with Crippen LogP contribution in [0.2, 0.25) is 0 Å². The van der Waals surface area contributed by atoms with E-state index in [0.717, 1.165) is 30.6 Å². The lowest BCUT2D eigenvalue weighted by molar-refractivity contribution is -0.145. The van der Waals surface area contributed by atoms with Gasteiger partial charge in [0.15, 0.2) is 0 Å². The minimum absolute atomic E-state index is 0.100. The number of esters is 1. The molecule has 1 aromatic heterocycles. The zero-order valence-electron chi connectivity index (χ0n) is 15.4. The molecule has 0 N–H and O–H groups in total. The van der Waals surface area contributed by atoms with Crippen LogP contribution in [0.15, 0.2) is 29.6 Å². The number of thiophene rings is 1. The van der Waals surface area contributed by atoms with Crippen molar-refractivity contribution in [2.45, 2.75) is 44.8 Å². The van der Waals surface area contributed by atoms with E-state index in [2.05, 4.69) is 12.1 Å². The van der Waals surface area contributed by atoms with Gasteiger partial charge in [0.25, 0.3) is 5.91 Å². The minimum atomic E-state index is -0.462. The molecule has 2 heterocycles. The summed E-state index contributed by atoms with van der Waals surface area (Å²) in [5, 5.41) is 1.95. The molecule has 1 aliphatic heterocycles.